The van der Waals surface area contributed by atoms with E-state index in [-0.39, 0.29) is 11.6 Å². The summed E-state index contributed by atoms with van der Waals surface area (Å²) in [6.07, 6.45) is 1.42. The van der Waals surface area contributed by atoms with Crippen molar-refractivity contribution >= 4 is 33.2 Å². The summed E-state index contributed by atoms with van der Waals surface area (Å²) in [5, 5.41) is 11.5. The monoisotopic (exact) mass is 316 g/mol. The van der Waals surface area contributed by atoms with Gasteiger partial charge < -0.3 is 11.1 Å². The molecule has 19 heavy (non-hydrogen) atoms. The fourth-order valence-corrected chi connectivity index (χ4v) is 1.89. The van der Waals surface area contributed by atoms with Gasteiger partial charge in [-0.3, -0.25) is 4.79 Å². The lowest BCUT2D eigenvalue weighted by atomic mass is 10.2. The molecule has 1 aromatic carbocycles. The first kappa shape index (κ1) is 13.1. The molecule has 5 nitrogen and oxygen atoms in total. The Kier molecular flexibility index (Phi) is 3.78. The van der Waals surface area contributed by atoms with E-state index in [2.05, 4.69) is 26.2 Å². The van der Waals surface area contributed by atoms with Gasteiger partial charge in [-0.1, -0.05) is 0 Å². The van der Waals surface area contributed by atoms with E-state index < -0.39 is 0 Å². The lowest BCUT2D eigenvalue weighted by Gasteiger charge is -2.07. The van der Waals surface area contributed by atoms with Crippen LogP contribution in [0.25, 0.3) is 0 Å². The van der Waals surface area contributed by atoms with Gasteiger partial charge in [0.1, 0.15) is 5.69 Å². The number of carbonyl (C=O) groups excluding carboxylic acids is 1. The largest absolute Gasteiger partial charge is 0.397 e. The highest BCUT2D eigenvalue weighted by Gasteiger charge is 2.09. The fraction of sp³-hybridized carbons (Fsp3) is 0. The molecule has 0 fully saturated rings. The molecule has 6 heteroatoms. The molecule has 0 aliphatic heterocycles. The lowest BCUT2D eigenvalue weighted by molar-refractivity contribution is 0.102. The quantitative estimate of drug-likeness (QED) is 0.890. The highest BCUT2D eigenvalue weighted by atomic mass is 79.9. The maximum absolute atomic E-state index is 11.9. The Bertz CT molecular complexity index is 661. The lowest BCUT2D eigenvalue weighted by Crippen LogP contribution is -2.14. The molecule has 1 amide bonds. The number of benzene rings is 1. The summed E-state index contributed by atoms with van der Waals surface area (Å²) < 4.78 is 0.635. The third-order valence-corrected chi connectivity index (χ3v) is 3.02. The van der Waals surface area contributed by atoms with Crippen LogP contribution in [-0.2, 0) is 0 Å². The van der Waals surface area contributed by atoms with E-state index in [1.54, 1.807) is 30.3 Å². The smallest absolute Gasteiger partial charge is 0.274 e. The van der Waals surface area contributed by atoms with Crippen molar-refractivity contribution in [3.8, 4) is 6.07 Å². The summed E-state index contributed by atoms with van der Waals surface area (Å²) in [5.74, 6) is -0.342. The number of aromatic nitrogens is 1. The van der Waals surface area contributed by atoms with Gasteiger partial charge in [0.25, 0.3) is 5.91 Å². The summed E-state index contributed by atoms with van der Waals surface area (Å²) in [6, 6.07) is 10.1. The Hall–Kier alpha value is -2.39. The van der Waals surface area contributed by atoms with Crippen LogP contribution in [-0.4, -0.2) is 10.9 Å². The molecule has 94 valence electrons. The number of rotatable bonds is 2. The van der Waals surface area contributed by atoms with Crippen LogP contribution in [0.15, 0.2) is 41.0 Å². The Morgan fingerprint density at radius 3 is 2.74 bits per heavy atom. The molecule has 2 aromatic rings. The van der Waals surface area contributed by atoms with Crippen molar-refractivity contribution < 1.29 is 4.79 Å². The van der Waals surface area contributed by atoms with Gasteiger partial charge >= 0.3 is 0 Å². The highest BCUT2D eigenvalue weighted by molar-refractivity contribution is 9.10. The average Bonchev–Trinajstić information content (AvgIpc) is 2.41. The molecule has 0 saturated carbocycles. The van der Waals surface area contributed by atoms with E-state index in [1.807, 2.05) is 6.07 Å². The highest BCUT2D eigenvalue weighted by Crippen LogP contribution is 2.23. The number of nitrogens with zero attached hydrogens (tertiary/aromatic N) is 2. The Balaban J connectivity index is 2.20. The Morgan fingerprint density at radius 1 is 1.37 bits per heavy atom. The van der Waals surface area contributed by atoms with E-state index in [0.717, 1.165) is 0 Å². The van der Waals surface area contributed by atoms with Crippen molar-refractivity contribution in [1.82, 2.24) is 4.98 Å². The van der Waals surface area contributed by atoms with Crippen molar-refractivity contribution in [2.75, 3.05) is 11.1 Å². The molecule has 0 spiro atoms. The number of nitrogens with one attached hydrogen (secondary N) is 1. The number of nitrogen functional groups attached to an aromatic ring is 1. The maximum Gasteiger partial charge on any atom is 0.274 e. The van der Waals surface area contributed by atoms with Crippen molar-refractivity contribution in [3.05, 3.63) is 52.3 Å². The third-order valence-electron chi connectivity index (χ3n) is 2.37. The molecular formula is C13H9BrN4O. The molecule has 0 radical (unpaired) electrons. The van der Waals surface area contributed by atoms with Gasteiger partial charge in [-0.25, -0.2) is 4.98 Å². The summed E-state index contributed by atoms with van der Waals surface area (Å²) in [6.45, 7) is 0. The number of pyridine rings is 1. The Labute approximate surface area is 118 Å². The topological polar surface area (TPSA) is 91.8 Å². The summed E-state index contributed by atoms with van der Waals surface area (Å²) >= 11 is 3.29. The van der Waals surface area contributed by atoms with Crippen molar-refractivity contribution in [2.24, 2.45) is 0 Å². The number of nitrogens with two attached hydrogens (primary N) is 1. The number of halogens is 1. The van der Waals surface area contributed by atoms with Crippen LogP contribution < -0.4 is 11.1 Å². The van der Waals surface area contributed by atoms with E-state index in [4.69, 9.17) is 11.0 Å². The molecule has 0 aliphatic carbocycles. The zero-order valence-electron chi connectivity index (χ0n) is 9.72. The van der Waals surface area contributed by atoms with Gasteiger partial charge in [0, 0.05) is 4.47 Å². The van der Waals surface area contributed by atoms with E-state index in [0.29, 0.717) is 21.4 Å². The van der Waals surface area contributed by atoms with Crippen LogP contribution in [0.2, 0.25) is 0 Å². The predicted octanol–water partition coefficient (Wildman–Crippen LogP) is 2.55. The summed E-state index contributed by atoms with van der Waals surface area (Å²) in [4.78, 5) is 15.9. The van der Waals surface area contributed by atoms with Crippen LogP contribution in [0, 0.1) is 11.3 Å². The molecule has 0 saturated heterocycles. The van der Waals surface area contributed by atoms with Gasteiger partial charge in [0.05, 0.1) is 29.2 Å². The molecular weight excluding hydrogens is 308 g/mol. The van der Waals surface area contributed by atoms with Gasteiger partial charge in [-0.05, 0) is 46.3 Å². The van der Waals surface area contributed by atoms with Crippen LogP contribution in [0.5, 0.6) is 0 Å². The second-order valence-corrected chi connectivity index (χ2v) is 4.59. The van der Waals surface area contributed by atoms with Crippen molar-refractivity contribution in [3.63, 3.8) is 0 Å². The molecule has 2 rings (SSSR count). The van der Waals surface area contributed by atoms with Gasteiger partial charge in [-0.15, -0.1) is 0 Å². The SMILES string of the molecule is N#Cc1ccc(NC(=O)c2ccc(N)cn2)c(Br)c1. The third kappa shape index (κ3) is 3.09. The molecule has 1 aromatic heterocycles. The second kappa shape index (κ2) is 5.50. The molecule has 3 N–H and O–H groups in total. The molecule has 0 bridgehead atoms. The van der Waals surface area contributed by atoms with Gasteiger partial charge in [0.2, 0.25) is 0 Å². The number of anilines is 2. The number of hydrogen-bond donors (Lipinski definition) is 2. The van der Waals surface area contributed by atoms with E-state index in [9.17, 15) is 4.79 Å². The first-order chi connectivity index (χ1) is 9.10. The molecule has 1 heterocycles. The van der Waals surface area contributed by atoms with E-state index >= 15 is 0 Å². The standard InChI is InChI=1S/C13H9BrN4O/c14-10-5-8(6-15)1-3-11(10)18-13(19)12-4-2-9(16)7-17-12/h1-5,7H,16H2,(H,18,19). The normalized spacial score (nSPS) is 9.68. The molecule has 0 aliphatic rings. The average molecular weight is 317 g/mol. The Morgan fingerprint density at radius 2 is 2.16 bits per heavy atom. The number of hydrogen-bond acceptors (Lipinski definition) is 4. The minimum Gasteiger partial charge on any atom is -0.397 e. The number of carbonyl (C=O) groups is 1. The number of amides is 1. The summed E-state index contributed by atoms with van der Waals surface area (Å²) in [7, 11) is 0. The minimum absolute atomic E-state index is 0.269. The van der Waals surface area contributed by atoms with Crippen molar-refractivity contribution in [1.29, 1.82) is 5.26 Å². The fourth-order valence-electron chi connectivity index (χ4n) is 1.41. The first-order valence-electron chi connectivity index (χ1n) is 5.32. The van der Waals surface area contributed by atoms with Gasteiger partial charge in [0.15, 0.2) is 0 Å². The summed E-state index contributed by atoms with van der Waals surface area (Å²) in [5.41, 5.74) is 7.35. The first-order valence-corrected chi connectivity index (χ1v) is 6.12. The van der Waals surface area contributed by atoms with Gasteiger partial charge in [-0.2, -0.15) is 5.26 Å². The minimum atomic E-state index is -0.342. The van der Waals surface area contributed by atoms with Crippen LogP contribution in [0.4, 0.5) is 11.4 Å². The second-order valence-electron chi connectivity index (χ2n) is 3.74. The van der Waals surface area contributed by atoms with Crippen molar-refractivity contribution in [2.45, 2.75) is 0 Å². The van der Waals surface area contributed by atoms with Crippen LogP contribution in [0.3, 0.4) is 0 Å². The molecule has 0 unspecified atom stereocenters. The van der Waals surface area contributed by atoms with Crippen LogP contribution >= 0.6 is 15.9 Å². The van der Waals surface area contributed by atoms with E-state index in [1.165, 1.54) is 6.20 Å². The zero-order chi connectivity index (χ0) is 13.8. The zero-order valence-corrected chi connectivity index (χ0v) is 11.3. The molecule has 0 atom stereocenters. The maximum atomic E-state index is 11.9. The predicted molar refractivity (Wildman–Crippen MR) is 75.5 cm³/mol. The number of nitriles is 1. The van der Waals surface area contributed by atoms with Crippen LogP contribution in [0.1, 0.15) is 16.1 Å².